The van der Waals surface area contributed by atoms with Crippen LogP contribution in [-0.2, 0) is 4.79 Å². The number of aliphatic imine (C=N–C) groups is 1. The summed E-state index contributed by atoms with van der Waals surface area (Å²) in [4.78, 5) is 15.1. The van der Waals surface area contributed by atoms with Gasteiger partial charge in [-0.15, -0.1) is 0 Å². The number of carbonyl (C=O) groups is 1. The largest absolute Gasteiger partial charge is 0.478 e. The van der Waals surface area contributed by atoms with Crippen LogP contribution >= 0.6 is 11.6 Å². The lowest BCUT2D eigenvalue weighted by Crippen LogP contribution is -2.29. The SMILES string of the molecule is C/C=C(/C=C1/N=C(c2ccco2)C=C(C(F)(F)Cl)N1)C(=O)O. The Morgan fingerprint density at radius 1 is 1.55 bits per heavy atom. The van der Waals surface area contributed by atoms with Crippen LogP contribution in [0.2, 0.25) is 0 Å². The summed E-state index contributed by atoms with van der Waals surface area (Å²) < 4.78 is 31.8. The highest BCUT2D eigenvalue weighted by atomic mass is 35.5. The van der Waals surface area contributed by atoms with Crippen molar-refractivity contribution in [2.45, 2.75) is 12.3 Å². The number of hydrogen-bond donors (Lipinski definition) is 2. The molecule has 0 saturated heterocycles. The van der Waals surface area contributed by atoms with Gasteiger partial charge in [-0.05, 0) is 42.8 Å². The molecule has 1 aliphatic rings. The van der Waals surface area contributed by atoms with E-state index in [4.69, 9.17) is 21.1 Å². The Hall–Kier alpha value is -2.41. The summed E-state index contributed by atoms with van der Waals surface area (Å²) in [5, 5.41) is 7.63. The third-order valence-corrected chi connectivity index (χ3v) is 2.92. The number of nitrogens with zero attached hydrogens (tertiary/aromatic N) is 1. The maximum absolute atomic E-state index is 13.4. The molecule has 0 fully saturated rings. The second-order valence-electron chi connectivity index (χ2n) is 4.23. The average Bonchev–Trinajstić information content (AvgIpc) is 2.97. The third kappa shape index (κ3) is 3.62. The molecule has 5 nitrogen and oxygen atoms in total. The van der Waals surface area contributed by atoms with Crippen LogP contribution in [0.5, 0.6) is 0 Å². The number of allylic oxidation sites excluding steroid dienone is 3. The molecule has 1 aromatic heterocycles. The number of alkyl halides is 3. The van der Waals surface area contributed by atoms with E-state index >= 15 is 0 Å². The van der Waals surface area contributed by atoms with E-state index < -0.39 is 17.0 Å². The summed E-state index contributed by atoms with van der Waals surface area (Å²) in [7, 11) is 0. The summed E-state index contributed by atoms with van der Waals surface area (Å²) in [6.07, 6.45) is 4.85. The van der Waals surface area contributed by atoms with Crippen LogP contribution in [-0.4, -0.2) is 22.2 Å². The Morgan fingerprint density at radius 3 is 2.77 bits per heavy atom. The molecular weight excluding hydrogens is 318 g/mol. The molecule has 22 heavy (non-hydrogen) atoms. The summed E-state index contributed by atoms with van der Waals surface area (Å²) in [6.45, 7) is 1.51. The van der Waals surface area contributed by atoms with Crippen molar-refractivity contribution in [2.75, 3.05) is 0 Å². The van der Waals surface area contributed by atoms with E-state index in [0.29, 0.717) is 0 Å². The van der Waals surface area contributed by atoms with Crippen molar-refractivity contribution < 1.29 is 23.1 Å². The Kier molecular flexibility index (Phi) is 4.46. The molecule has 0 radical (unpaired) electrons. The van der Waals surface area contributed by atoms with Crippen molar-refractivity contribution in [3.63, 3.8) is 0 Å². The zero-order valence-corrected chi connectivity index (χ0v) is 12.1. The van der Waals surface area contributed by atoms with E-state index in [2.05, 4.69) is 10.3 Å². The predicted molar refractivity (Wildman–Crippen MR) is 76.7 cm³/mol. The molecule has 2 rings (SSSR count). The molecule has 0 atom stereocenters. The highest BCUT2D eigenvalue weighted by Gasteiger charge is 2.34. The van der Waals surface area contributed by atoms with Crippen LogP contribution in [0, 0.1) is 0 Å². The summed E-state index contributed by atoms with van der Waals surface area (Å²) in [5.41, 5.74) is -0.627. The van der Waals surface area contributed by atoms with Crippen LogP contribution < -0.4 is 5.32 Å². The zero-order chi connectivity index (χ0) is 16.3. The zero-order valence-electron chi connectivity index (χ0n) is 11.3. The fourth-order valence-electron chi connectivity index (χ4n) is 1.69. The second-order valence-corrected chi connectivity index (χ2v) is 4.71. The van der Waals surface area contributed by atoms with E-state index in [1.165, 1.54) is 25.3 Å². The van der Waals surface area contributed by atoms with Crippen molar-refractivity contribution in [1.82, 2.24) is 5.32 Å². The molecule has 0 aliphatic carbocycles. The van der Waals surface area contributed by atoms with Crippen molar-refractivity contribution in [2.24, 2.45) is 4.99 Å². The molecule has 0 aromatic carbocycles. The molecule has 2 heterocycles. The first-order valence-electron chi connectivity index (χ1n) is 6.11. The third-order valence-electron chi connectivity index (χ3n) is 2.71. The lowest BCUT2D eigenvalue weighted by molar-refractivity contribution is -0.132. The van der Waals surface area contributed by atoms with Crippen LogP contribution in [0.25, 0.3) is 0 Å². The summed E-state index contributed by atoms with van der Waals surface area (Å²) in [6, 6.07) is 3.11. The van der Waals surface area contributed by atoms with E-state index in [1.54, 1.807) is 6.07 Å². The number of nitrogens with one attached hydrogen (secondary N) is 1. The van der Waals surface area contributed by atoms with E-state index in [9.17, 15) is 13.6 Å². The molecule has 0 saturated carbocycles. The highest BCUT2D eigenvalue weighted by molar-refractivity contribution is 6.24. The molecule has 2 N–H and O–H groups in total. The quantitative estimate of drug-likeness (QED) is 0.657. The number of carboxylic acids is 1. The number of aliphatic carboxylic acids is 1. The fourth-order valence-corrected chi connectivity index (χ4v) is 1.79. The highest BCUT2D eigenvalue weighted by Crippen LogP contribution is 2.30. The van der Waals surface area contributed by atoms with E-state index in [1.807, 2.05) is 0 Å². The first-order chi connectivity index (χ1) is 10.3. The molecule has 1 aliphatic heterocycles. The van der Waals surface area contributed by atoms with Crippen LogP contribution in [0.15, 0.2) is 63.1 Å². The van der Waals surface area contributed by atoms with Gasteiger partial charge in [0.25, 0.3) is 0 Å². The van der Waals surface area contributed by atoms with Gasteiger partial charge in [0.2, 0.25) is 0 Å². The van der Waals surface area contributed by atoms with Gasteiger partial charge in [-0.2, -0.15) is 8.78 Å². The molecular formula is C14H11ClF2N2O3. The average molecular weight is 329 g/mol. The van der Waals surface area contributed by atoms with Crippen LogP contribution in [0.4, 0.5) is 8.78 Å². The predicted octanol–water partition coefficient (Wildman–Crippen LogP) is 3.26. The topological polar surface area (TPSA) is 74.8 Å². The number of hydrogen-bond acceptors (Lipinski definition) is 4. The number of carboxylic acid groups (broad SMARTS) is 1. The molecule has 0 bridgehead atoms. The number of rotatable bonds is 4. The Labute approximate surface area is 129 Å². The number of halogens is 3. The van der Waals surface area contributed by atoms with E-state index in [0.717, 1.165) is 12.2 Å². The van der Waals surface area contributed by atoms with Crippen molar-refractivity contribution in [3.05, 3.63) is 59.5 Å². The monoisotopic (exact) mass is 328 g/mol. The molecule has 0 unspecified atom stereocenters. The molecule has 116 valence electrons. The second kappa shape index (κ2) is 6.15. The Bertz CT molecular complexity index is 698. The minimum atomic E-state index is -3.66. The van der Waals surface area contributed by atoms with Crippen molar-refractivity contribution >= 4 is 23.3 Å². The maximum atomic E-state index is 13.4. The Balaban J connectivity index is 2.48. The Morgan fingerprint density at radius 2 is 2.27 bits per heavy atom. The van der Waals surface area contributed by atoms with Crippen molar-refractivity contribution in [1.29, 1.82) is 0 Å². The van der Waals surface area contributed by atoms with Gasteiger partial charge in [0.05, 0.1) is 11.8 Å². The van der Waals surface area contributed by atoms with Crippen molar-refractivity contribution in [3.8, 4) is 0 Å². The minimum absolute atomic E-state index is 0.0836. The lowest BCUT2D eigenvalue weighted by atomic mass is 10.2. The summed E-state index contributed by atoms with van der Waals surface area (Å²) in [5.74, 6) is -1.04. The molecule has 0 spiro atoms. The van der Waals surface area contributed by atoms with Crippen LogP contribution in [0.1, 0.15) is 12.7 Å². The van der Waals surface area contributed by atoms with E-state index in [-0.39, 0.29) is 22.9 Å². The summed E-state index contributed by atoms with van der Waals surface area (Å²) >= 11 is 5.03. The minimum Gasteiger partial charge on any atom is -0.478 e. The van der Waals surface area contributed by atoms with Gasteiger partial charge in [-0.1, -0.05) is 6.08 Å². The van der Waals surface area contributed by atoms with Gasteiger partial charge >= 0.3 is 11.4 Å². The van der Waals surface area contributed by atoms with Gasteiger partial charge in [0.1, 0.15) is 17.2 Å². The first kappa shape index (κ1) is 16.0. The normalized spacial score (nSPS) is 17.8. The van der Waals surface area contributed by atoms with Gasteiger partial charge in [0, 0.05) is 0 Å². The van der Waals surface area contributed by atoms with Gasteiger partial charge < -0.3 is 14.8 Å². The molecule has 1 aromatic rings. The molecule has 0 amide bonds. The molecule has 8 heteroatoms. The van der Waals surface area contributed by atoms with Gasteiger partial charge in [0.15, 0.2) is 5.76 Å². The first-order valence-corrected chi connectivity index (χ1v) is 6.49. The van der Waals surface area contributed by atoms with Crippen LogP contribution in [0.3, 0.4) is 0 Å². The van der Waals surface area contributed by atoms with Gasteiger partial charge in [-0.3, -0.25) is 0 Å². The lowest BCUT2D eigenvalue weighted by Gasteiger charge is -2.20. The fraction of sp³-hybridized carbons (Fsp3) is 0.143. The number of furan rings is 1. The standard InChI is InChI=1S/C14H11ClF2N2O3/c1-2-8(13(20)21)6-12-18-9(10-4-3-5-22-10)7-11(19-12)14(15,16)17/h2-7,19H,1H3,(H,20,21)/b8-2-,12-6-. The maximum Gasteiger partial charge on any atom is 0.362 e. The van der Waals surface area contributed by atoms with Gasteiger partial charge in [-0.25, -0.2) is 9.79 Å². The smallest absolute Gasteiger partial charge is 0.362 e.